The number of hydrogen-bond acceptors (Lipinski definition) is 4. The van der Waals surface area contributed by atoms with Crippen LogP contribution in [0.1, 0.15) is 5.56 Å². The number of imidazole rings is 1. The van der Waals surface area contributed by atoms with E-state index in [1.54, 1.807) is 11.2 Å². The summed E-state index contributed by atoms with van der Waals surface area (Å²) < 4.78 is 1.84. The Kier molecular flexibility index (Phi) is 3.30. The normalized spacial score (nSPS) is 11.2. The van der Waals surface area contributed by atoms with Crippen molar-refractivity contribution >= 4 is 27.9 Å². The van der Waals surface area contributed by atoms with E-state index in [-0.39, 0.29) is 5.56 Å². The molecule has 0 amide bonds. The van der Waals surface area contributed by atoms with Crippen molar-refractivity contribution in [2.24, 2.45) is 0 Å². The first-order chi connectivity index (χ1) is 11.6. The molecule has 2 heterocycles. The second kappa shape index (κ2) is 5.49. The van der Waals surface area contributed by atoms with Crippen molar-refractivity contribution in [2.45, 2.75) is 6.54 Å². The molecule has 2 aromatic carbocycles. The van der Waals surface area contributed by atoms with Gasteiger partial charge in [0.1, 0.15) is 0 Å². The van der Waals surface area contributed by atoms with Gasteiger partial charge in [-0.1, -0.05) is 36.4 Å². The maximum absolute atomic E-state index is 12.4. The number of aromatic amines is 1. The van der Waals surface area contributed by atoms with Crippen molar-refractivity contribution in [1.29, 1.82) is 0 Å². The van der Waals surface area contributed by atoms with Crippen molar-refractivity contribution < 1.29 is 0 Å². The average molecular weight is 319 g/mol. The molecule has 0 bridgehead atoms. The molecule has 0 radical (unpaired) electrons. The first-order valence-corrected chi connectivity index (χ1v) is 7.72. The summed E-state index contributed by atoms with van der Waals surface area (Å²) in [5.41, 5.74) is 1.89. The standard InChI is InChI=1S/C18H17N5O/c1-22(2)18-20-16-15(17(24)21-18)23(11-19-16)10-12-7-8-13-5-3-4-6-14(13)9-12/h3-9,11H,10H2,1-2H3,(H,20,21,24). The molecule has 24 heavy (non-hydrogen) atoms. The van der Waals surface area contributed by atoms with Crippen molar-refractivity contribution in [2.75, 3.05) is 19.0 Å². The molecule has 0 spiro atoms. The average Bonchev–Trinajstić information content (AvgIpc) is 2.98. The number of nitrogens with one attached hydrogen (secondary N) is 1. The monoisotopic (exact) mass is 319 g/mol. The van der Waals surface area contributed by atoms with Crippen molar-refractivity contribution in [1.82, 2.24) is 19.5 Å². The van der Waals surface area contributed by atoms with Crippen LogP contribution in [0, 0.1) is 0 Å². The maximum atomic E-state index is 12.4. The molecule has 1 N–H and O–H groups in total. The Morgan fingerprint density at radius 2 is 1.92 bits per heavy atom. The molecule has 4 aromatic rings. The van der Waals surface area contributed by atoms with Gasteiger partial charge < -0.3 is 9.47 Å². The summed E-state index contributed by atoms with van der Waals surface area (Å²) in [6.45, 7) is 0.577. The second-order valence-corrected chi connectivity index (χ2v) is 6.01. The Balaban J connectivity index is 1.77. The van der Waals surface area contributed by atoms with Gasteiger partial charge in [0.2, 0.25) is 5.95 Å². The number of rotatable bonds is 3. The maximum Gasteiger partial charge on any atom is 0.278 e. The molecular formula is C18H17N5O. The zero-order valence-corrected chi connectivity index (χ0v) is 13.5. The van der Waals surface area contributed by atoms with Crippen LogP contribution in [-0.2, 0) is 6.54 Å². The molecule has 0 atom stereocenters. The highest BCUT2D eigenvalue weighted by Gasteiger charge is 2.11. The van der Waals surface area contributed by atoms with Crippen LogP contribution in [-0.4, -0.2) is 33.6 Å². The van der Waals surface area contributed by atoms with Gasteiger partial charge in [-0.3, -0.25) is 9.78 Å². The van der Waals surface area contributed by atoms with Gasteiger partial charge in [0.15, 0.2) is 11.2 Å². The first-order valence-electron chi connectivity index (χ1n) is 7.72. The minimum Gasteiger partial charge on any atom is -0.348 e. The number of aromatic nitrogens is 4. The van der Waals surface area contributed by atoms with E-state index in [9.17, 15) is 4.79 Å². The van der Waals surface area contributed by atoms with E-state index in [1.807, 2.05) is 30.8 Å². The molecule has 0 aliphatic heterocycles. The van der Waals surface area contributed by atoms with Gasteiger partial charge in [-0.2, -0.15) is 4.98 Å². The molecule has 0 aliphatic carbocycles. The largest absolute Gasteiger partial charge is 0.348 e. The van der Waals surface area contributed by atoms with E-state index in [2.05, 4.69) is 45.3 Å². The van der Waals surface area contributed by atoms with Crippen LogP contribution < -0.4 is 10.5 Å². The topological polar surface area (TPSA) is 66.8 Å². The summed E-state index contributed by atoms with van der Waals surface area (Å²) in [5, 5.41) is 2.38. The Morgan fingerprint density at radius 1 is 1.12 bits per heavy atom. The SMILES string of the molecule is CN(C)c1nc2ncn(Cc3ccc4ccccc4c3)c2c(=O)[nH]1. The summed E-state index contributed by atoms with van der Waals surface area (Å²) in [5.74, 6) is 0.503. The van der Waals surface area contributed by atoms with Crippen LogP contribution in [0.5, 0.6) is 0 Å². The van der Waals surface area contributed by atoms with E-state index in [4.69, 9.17) is 0 Å². The third-order valence-electron chi connectivity index (χ3n) is 4.06. The van der Waals surface area contributed by atoms with Crippen molar-refractivity contribution in [3.05, 3.63) is 64.7 Å². The number of nitrogens with zero attached hydrogens (tertiary/aromatic N) is 4. The Labute approximate surface area is 138 Å². The number of hydrogen-bond donors (Lipinski definition) is 1. The fraction of sp³-hybridized carbons (Fsp3) is 0.167. The number of H-pyrrole nitrogens is 1. The fourth-order valence-corrected chi connectivity index (χ4v) is 2.84. The number of anilines is 1. The predicted molar refractivity (Wildman–Crippen MR) is 95.5 cm³/mol. The van der Waals surface area contributed by atoms with E-state index in [0.717, 1.165) is 5.56 Å². The van der Waals surface area contributed by atoms with Gasteiger partial charge in [-0.15, -0.1) is 0 Å². The van der Waals surface area contributed by atoms with Gasteiger partial charge >= 0.3 is 0 Å². The second-order valence-electron chi connectivity index (χ2n) is 6.01. The highest BCUT2D eigenvalue weighted by molar-refractivity contribution is 5.83. The van der Waals surface area contributed by atoms with Gasteiger partial charge in [0.25, 0.3) is 5.56 Å². The van der Waals surface area contributed by atoms with E-state index >= 15 is 0 Å². The number of fused-ring (bicyclic) bond motifs is 2. The van der Waals surface area contributed by atoms with Gasteiger partial charge in [-0.25, -0.2) is 4.98 Å². The van der Waals surface area contributed by atoms with Crippen LogP contribution >= 0.6 is 0 Å². The van der Waals surface area contributed by atoms with E-state index in [1.165, 1.54) is 10.8 Å². The molecule has 6 heteroatoms. The van der Waals surface area contributed by atoms with E-state index < -0.39 is 0 Å². The third kappa shape index (κ3) is 2.42. The zero-order chi connectivity index (χ0) is 16.7. The van der Waals surface area contributed by atoms with Crippen molar-refractivity contribution in [3.63, 3.8) is 0 Å². The summed E-state index contributed by atoms with van der Waals surface area (Å²) >= 11 is 0. The highest BCUT2D eigenvalue weighted by atomic mass is 16.1. The van der Waals surface area contributed by atoms with Crippen LogP contribution in [0.25, 0.3) is 21.9 Å². The molecule has 0 fully saturated rings. The summed E-state index contributed by atoms with van der Waals surface area (Å²) in [7, 11) is 3.66. The molecule has 0 unspecified atom stereocenters. The molecule has 0 saturated carbocycles. The molecule has 120 valence electrons. The minimum atomic E-state index is -0.179. The minimum absolute atomic E-state index is 0.179. The first kappa shape index (κ1) is 14.4. The lowest BCUT2D eigenvalue weighted by atomic mass is 10.1. The predicted octanol–water partition coefficient (Wildman–Crippen LogP) is 2.39. The molecular weight excluding hydrogens is 302 g/mol. The van der Waals surface area contributed by atoms with Crippen LogP contribution in [0.3, 0.4) is 0 Å². The lowest BCUT2D eigenvalue weighted by molar-refractivity contribution is 0.820. The van der Waals surface area contributed by atoms with Gasteiger partial charge in [0.05, 0.1) is 6.33 Å². The molecule has 6 nitrogen and oxygen atoms in total. The summed E-state index contributed by atoms with van der Waals surface area (Å²) in [4.78, 5) is 25.6. The zero-order valence-electron chi connectivity index (χ0n) is 13.5. The molecule has 4 rings (SSSR count). The van der Waals surface area contributed by atoms with E-state index in [0.29, 0.717) is 23.7 Å². The molecule has 0 saturated heterocycles. The quantitative estimate of drug-likeness (QED) is 0.629. The van der Waals surface area contributed by atoms with Crippen LogP contribution in [0.15, 0.2) is 53.6 Å². The van der Waals surface area contributed by atoms with Crippen LogP contribution in [0.2, 0.25) is 0 Å². The van der Waals surface area contributed by atoms with Gasteiger partial charge in [0, 0.05) is 20.6 Å². The van der Waals surface area contributed by atoms with Crippen LogP contribution in [0.4, 0.5) is 5.95 Å². The lowest BCUT2D eigenvalue weighted by Crippen LogP contribution is -2.20. The summed E-state index contributed by atoms with van der Waals surface area (Å²) in [6.07, 6.45) is 1.67. The smallest absolute Gasteiger partial charge is 0.278 e. The highest BCUT2D eigenvalue weighted by Crippen LogP contribution is 2.17. The Morgan fingerprint density at radius 3 is 2.71 bits per heavy atom. The Hall–Kier alpha value is -3.15. The number of benzene rings is 2. The summed E-state index contributed by atoms with van der Waals surface area (Å²) in [6, 6.07) is 14.5. The third-order valence-corrected chi connectivity index (χ3v) is 4.06. The Bertz CT molecular complexity index is 1090. The van der Waals surface area contributed by atoms with Gasteiger partial charge in [-0.05, 0) is 22.4 Å². The fourth-order valence-electron chi connectivity index (χ4n) is 2.84. The lowest BCUT2D eigenvalue weighted by Gasteiger charge is -2.10. The van der Waals surface area contributed by atoms with Crippen molar-refractivity contribution in [3.8, 4) is 0 Å². The molecule has 0 aliphatic rings. The molecule has 2 aromatic heterocycles.